The lowest BCUT2D eigenvalue weighted by Gasteiger charge is -2.20. The standard InChI is InChI=1S/C15H20BrNO2/c1-19-11-10-17(14-6-7-14)9-8-15(18)12-2-4-13(16)5-3-12/h2-5,14H,6-11H2,1H3. The van der Waals surface area contributed by atoms with Crippen LogP contribution < -0.4 is 0 Å². The minimum Gasteiger partial charge on any atom is -0.383 e. The molecule has 0 aromatic heterocycles. The van der Waals surface area contributed by atoms with Gasteiger partial charge in [-0.3, -0.25) is 9.69 Å². The first-order chi connectivity index (χ1) is 9.20. The van der Waals surface area contributed by atoms with Gasteiger partial charge < -0.3 is 4.74 Å². The molecule has 1 fully saturated rings. The van der Waals surface area contributed by atoms with Gasteiger partial charge in [-0.1, -0.05) is 28.1 Å². The Hall–Kier alpha value is -0.710. The Bertz CT molecular complexity index is 415. The fraction of sp³-hybridized carbons (Fsp3) is 0.533. The van der Waals surface area contributed by atoms with Crippen LogP contribution in [0.5, 0.6) is 0 Å². The summed E-state index contributed by atoms with van der Waals surface area (Å²) in [7, 11) is 1.72. The molecule has 104 valence electrons. The van der Waals surface area contributed by atoms with Crippen molar-refractivity contribution in [3.63, 3.8) is 0 Å². The maximum atomic E-state index is 12.1. The molecule has 0 N–H and O–H groups in total. The number of ketones is 1. The van der Waals surface area contributed by atoms with E-state index in [0.717, 1.165) is 29.7 Å². The number of Topliss-reactive ketones (excluding diaryl/α,β-unsaturated/α-hetero) is 1. The molecule has 4 heteroatoms. The molecule has 19 heavy (non-hydrogen) atoms. The number of nitrogens with zero attached hydrogens (tertiary/aromatic N) is 1. The maximum absolute atomic E-state index is 12.1. The van der Waals surface area contributed by atoms with Crippen LogP contribution in [-0.2, 0) is 4.74 Å². The third-order valence-electron chi connectivity index (χ3n) is 3.44. The van der Waals surface area contributed by atoms with Crippen molar-refractivity contribution in [3.05, 3.63) is 34.3 Å². The molecule has 1 aromatic carbocycles. The van der Waals surface area contributed by atoms with Crippen molar-refractivity contribution in [2.24, 2.45) is 0 Å². The normalized spacial score (nSPS) is 14.9. The van der Waals surface area contributed by atoms with Crippen molar-refractivity contribution in [1.29, 1.82) is 0 Å². The molecule has 0 saturated heterocycles. The fourth-order valence-corrected chi connectivity index (χ4v) is 2.41. The molecule has 3 nitrogen and oxygen atoms in total. The van der Waals surface area contributed by atoms with Crippen LogP contribution in [0.4, 0.5) is 0 Å². The number of carbonyl (C=O) groups is 1. The van der Waals surface area contributed by atoms with Crippen LogP contribution in [0.3, 0.4) is 0 Å². The number of rotatable bonds is 8. The molecule has 2 rings (SSSR count). The van der Waals surface area contributed by atoms with E-state index >= 15 is 0 Å². The van der Waals surface area contributed by atoms with E-state index in [9.17, 15) is 4.79 Å². The molecule has 0 bridgehead atoms. The molecule has 1 aliphatic rings. The molecule has 1 aromatic rings. The number of hydrogen-bond acceptors (Lipinski definition) is 3. The van der Waals surface area contributed by atoms with Crippen molar-refractivity contribution in [3.8, 4) is 0 Å². The van der Waals surface area contributed by atoms with Gasteiger partial charge in [0, 0.05) is 42.7 Å². The van der Waals surface area contributed by atoms with Crippen LogP contribution in [0.25, 0.3) is 0 Å². The largest absolute Gasteiger partial charge is 0.383 e. The summed E-state index contributed by atoms with van der Waals surface area (Å²) in [6.45, 7) is 2.50. The molecule has 0 heterocycles. The predicted molar refractivity (Wildman–Crippen MR) is 79.6 cm³/mol. The van der Waals surface area contributed by atoms with Gasteiger partial charge in [0.05, 0.1) is 6.61 Å². The predicted octanol–water partition coefficient (Wildman–Crippen LogP) is 3.13. The van der Waals surface area contributed by atoms with Crippen molar-refractivity contribution in [2.45, 2.75) is 25.3 Å². The van der Waals surface area contributed by atoms with Gasteiger partial charge in [-0.2, -0.15) is 0 Å². The summed E-state index contributed by atoms with van der Waals surface area (Å²) < 4.78 is 6.13. The van der Waals surface area contributed by atoms with Gasteiger partial charge in [0.15, 0.2) is 5.78 Å². The summed E-state index contributed by atoms with van der Waals surface area (Å²) >= 11 is 3.38. The number of ether oxygens (including phenoxy) is 1. The quantitative estimate of drug-likeness (QED) is 0.688. The topological polar surface area (TPSA) is 29.5 Å². The second-order valence-corrected chi connectivity index (χ2v) is 5.86. The zero-order valence-electron chi connectivity index (χ0n) is 11.3. The minimum absolute atomic E-state index is 0.218. The summed E-state index contributed by atoms with van der Waals surface area (Å²) in [5, 5.41) is 0. The van der Waals surface area contributed by atoms with Crippen molar-refractivity contribution in [1.82, 2.24) is 4.90 Å². The zero-order valence-corrected chi connectivity index (χ0v) is 12.9. The summed E-state index contributed by atoms with van der Waals surface area (Å²) in [5.41, 5.74) is 0.797. The number of benzene rings is 1. The second-order valence-electron chi connectivity index (χ2n) is 4.94. The van der Waals surface area contributed by atoms with Gasteiger partial charge in [-0.05, 0) is 25.0 Å². The SMILES string of the molecule is COCCN(CCC(=O)c1ccc(Br)cc1)C1CC1. The lowest BCUT2D eigenvalue weighted by Crippen LogP contribution is -2.31. The van der Waals surface area contributed by atoms with Crippen LogP contribution in [0.1, 0.15) is 29.6 Å². The number of methoxy groups -OCH3 is 1. The highest BCUT2D eigenvalue weighted by molar-refractivity contribution is 9.10. The van der Waals surface area contributed by atoms with Gasteiger partial charge in [-0.25, -0.2) is 0 Å². The fourth-order valence-electron chi connectivity index (χ4n) is 2.15. The summed E-state index contributed by atoms with van der Waals surface area (Å²) in [6, 6.07) is 8.26. The Morgan fingerprint density at radius 3 is 2.58 bits per heavy atom. The Morgan fingerprint density at radius 2 is 2.00 bits per heavy atom. The first-order valence-corrected chi connectivity index (χ1v) is 7.52. The smallest absolute Gasteiger partial charge is 0.164 e. The Kier molecular flexibility index (Phi) is 5.55. The third-order valence-corrected chi connectivity index (χ3v) is 3.97. The highest BCUT2D eigenvalue weighted by Gasteiger charge is 2.28. The van der Waals surface area contributed by atoms with Crippen molar-refractivity contribution in [2.75, 3.05) is 26.8 Å². The van der Waals surface area contributed by atoms with Gasteiger partial charge in [0.1, 0.15) is 0 Å². The lowest BCUT2D eigenvalue weighted by molar-refractivity contribution is 0.0945. The van der Waals surface area contributed by atoms with Gasteiger partial charge in [-0.15, -0.1) is 0 Å². The highest BCUT2D eigenvalue weighted by Crippen LogP contribution is 2.26. The van der Waals surface area contributed by atoms with E-state index in [2.05, 4.69) is 20.8 Å². The van der Waals surface area contributed by atoms with E-state index in [1.807, 2.05) is 24.3 Å². The Balaban J connectivity index is 1.82. The second kappa shape index (κ2) is 7.17. The van der Waals surface area contributed by atoms with Crippen molar-refractivity contribution < 1.29 is 9.53 Å². The summed E-state index contributed by atoms with van der Waals surface area (Å²) in [6.07, 6.45) is 3.11. The number of hydrogen-bond donors (Lipinski definition) is 0. The Morgan fingerprint density at radius 1 is 1.32 bits per heavy atom. The van der Waals surface area contributed by atoms with Crippen LogP contribution in [-0.4, -0.2) is 43.5 Å². The number of halogens is 1. The molecule has 0 atom stereocenters. The van der Waals surface area contributed by atoms with Crippen molar-refractivity contribution >= 4 is 21.7 Å². The van der Waals surface area contributed by atoms with E-state index < -0.39 is 0 Å². The molecule has 0 aliphatic heterocycles. The van der Waals surface area contributed by atoms with E-state index in [1.165, 1.54) is 12.8 Å². The minimum atomic E-state index is 0.218. The average Bonchev–Trinajstić information content (AvgIpc) is 3.24. The zero-order chi connectivity index (χ0) is 13.7. The first-order valence-electron chi connectivity index (χ1n) is 6.72. The van der Waals surface area contributed by atoms with Crippen LogP contribution in [0, 0.1) is 0 Å². The maximum Gasteiger partial charge on any atom is 0.164 e. The molecule has 0 amide bonds. The molecular weight excluding hydrogens is 306 g/mol. The van der Waals surface area contributed by atoms with E-state index in [4.69, 9.17) is 4.74 Å². The molecule has 1 saturated carbocycles. The van der Waals surface area contributed by atoms with Crippen LogP contribution >= 0.6 is 15.9 Å². The highest BCUT2D eigenvalue weighted by atomic mass is 79.9. The third kappa shape index (κ3) is 4.71. The molecular formula is C15H20BrNO2. The summed E-state index contributed by atoms with van der Waals surface area (Å²) in [4.78, 5) is 14.5. The average molecular weight is 326 g/mol. The lowest BCUT2D eigenvalue weighted by atomic mass is 10.1. The van der Waals surface area contributed by atoms with E-state index in [0.29, 0.717) is 12.5 Å². The van der Waals surface area contributed by atoms with Crippen LogP contribution in [0.15, 0.2) is 28.7 Å². The molecule has 0 spiro atoms. The number of carbonyl (C=O) groups excluding carboxylic acids is 1. The molecule has 1 aliphatic carbocycles. The van der Waals surface area contributed by atoms with Gasteiger partial charge in [0.25, 0.3) is 0 Å². The Labute approximate surface area is 123 Å². The van der Waals surface area contributed by atoms with Crippen LogP contribution in [0.2, 0.25) is 0 Å². The van der Waals surface area contributed by atoms with E-state index in [-0.39, 0.29) is 5.78 Å². The first kappa shape index (κ1) is 14.7. The van der Waals surface area contributed by atoms with E-state index in [1.54, 1.807) is 7.11 Å². The molecule has 0 radical (unpaired) electrons. The molecule has 0 unspecified atom stereocenters. The van der Waals surface area contributed by atoms with Gasteiger partial charge >= 0.3 is 0 Å². The summed E-state index contributed by atoms with van der Waals surface area (Å²) in [5.74, 6) is 0.218. The monoisotopic (exact) mass is 325 g/mol. The van der Waals surface area contributed by atoms with Gasteiger partial charge in [0.2, 0.25) is 0 Å².